The van der Waals surface area contributed by atoms with Crippen LogP contribution in [0.5, 0.6) is 0 Å². The molecule has 11 heteroatoms. The van der Waals surface area contributed by atoms with Gasteiger partial charge in [-0.05, 0) is 45.8 Å². The first-order chi connectivity index (χ1) is 18.3. The van der Waals surface area contributed by atoms with Crippen LogP contribution in [0.3, 0.4) is 0 Å². The molecule has 2 unspecified atom stereocenters. The molecule has 1 aromatic heterocycles. The number of aromatic nitrogens is 1. The second kappa shape index (κ2) is 15.6. The van der Waals surface area contributed by atoms with E-state index in [1.54, 1.807) is 25.3 Å². The average Bonchev–Trinajstić information content (AvgIpc) is 3.41. The topological polar surface area (TPSA) is 93.1 Å². The van der Waals surface area contributed by atoms with E-state index in [0.29, 0.717) is 62.0 Å². The highest BCUT2D eigenvalue weighted by atomic mass is 35.5. The largest absolute Gasteiger partial charge is 0.376 e. The van der Waals surface area contributed by atoms with Crippen molar-refractivity contribution in [3.8, 4) is 0 Å². The number of allylic oxidation sites excluding steroid dienone is 3. The van der Waals surface area contributed by atoms with Gasteiger partial charge in [0.2, 0.25) is 0 Å². The molecule has 208 valence electrons. The monoisotopic (exact) mass is 582 g/mol. The second-order valence-electron chi connectivity index (χ2n) is 9.24. The van der Waals surface area contributed by atoms with Gasteiger partial charge in [0.15, 0.2) is 16.6 Å². The van der Waals surface area contributed by atoms with E-state index >= 15 is 0 Å². The average molecular weight is 584 g/mol. The number of ether oxygens (including phenoxy) is 2. The molecule has 0 aliphatic carbocycles. The molecular formula is C27H36Cl2N4O4S. The highest BCUT2D eigenvalue weighted by Gasteiger charge is 2.32. The van der Waals surface area contributed by atoms with Gasteiger partial charge in [-0.1, -0.05) is 17.7 Å². The Labute approximate surface area is 238 Å². The zero-order valence-electron chi connectivity index (χ0n) is 22.1. The molecule has 0 radical (unpaired) electrons. The minimum absolute atomic E-state index is 0.0197. The number of Topliss-reactive ketones (excluding diaryl/α,β-unsaturated/α-hetero) is 2. The molecule has 0 bridgehead atoms. The number of hydrogen-bond acceptors (Lipinski definition) is 9. The third-order valence-corrected chi connectivity index (χ3v) is 7.19. The highest BCUT2D eigenvalue weighted by molar-refractivity contribution is 7.11. The fourth-order valence-electron chi connectivity index (χ4n) is 4.31. The second-order valence-corrected chi connectivity index (χ2v) is 11.3. The summed E-state index contributed by atoms with van der Waals surface area (Å²) in [7, 11) is 0. The van der Waals surface area contributed by atoms with Gasteiger partial charge in [-0.25, -0.2) is 4.98 Å². The molecule has 2 aliphatic heterocycles. The van der Waals surface area contributed by atoms with Gasteiger partial charge in [0.1, 0.15) is 12.4 Å². The molecule has 0 aromatic carbocycles. The van der Waals surface area contributed by atoms with Crippen LogP contribution in [0.25, 0.3) is 0 Å². The molecule has 1 saturated heterocycles. The first kappa shape index (κ1) is 30.7. The number of amidine groups is 1. The molecule has 2 aliphatic rings. The van der Waals surface area contributed by atoms with Crippen molar-refractivity contribution < 1.29 is 19.1 Å². The maximum atomic E-state index is 13.4. The maximum Gasteiger partial charge on any atom is 0.188 e. The number of morpholine rings is 1. The fourth-order valence-corrected chi connectivity index (χ4v) is 5.37. The van der Waals surface area contributed by atoms with Gasteiger partial charge in [-0.3, -0.25) is 14.7 Å². The molecule has 3 rings (SSSR count). The number of hydrogen-bond donors (Lipinski definition) is 1. The van der Waals surface area contributed by atoms with Gasteiger partial charge >= 0.3 is 0 Å². The van der Waals surface area contributed by atoms with Crippen LogP contribution in [0.4, 0.5) is 0 Å². The lowest BCUT2D eigenvalue weighted by atomic mass is 9.95. The molecule has 0 saturated carbocycles. The van der Waals surface area contributed by atoms with Crippen molar-refractivity contribution in [2.75, 3.05) is 39.5 Å². The Morgan fingerprint density at radius 1 is 1.42 bits per heavy atom. The molecule has 3 heterocycles. The summed E-state index contributed by atoms with van der Waals surface area (Å²) in [6, 6.07) is -0.429. The summed E-state index contributed by atoms with van der Waals surface area (Å²) in [5.41, 5.74) is 1.39. The number of aliphatic imine (C=N–C) groups is 1. The van der Waals surface area contributed by atoms with Crippen molar-refractivity contribution in [1.29, 1.82) is 0 Å². The number of nitrogens with one attached hydrogen (secondary N) is 1. The van der Waals surface area contributed by atoms with E-state index in [1.165, 1.54) is 11.3 Å². The van der Waals surface area contributed by atoms with E-state index in [-0.39, 0.29) is 29.7 Å². The Morgan fingerprint density at radius 3 is 2.92 bits per heavy atom. The third kappa shape index (κ3) is 9.70. The van der Waals surface area contributed by atoms with Gasteiger partial charge in [-0.15, -0.1) is 22.9 Å². The lowest BCUT2D eigenvalue weighted by Gasteiger charge is -2.35. The number of nitrogens with zero attached hydrogens (tertiary/aromatic N) is 3. The maximum absolute atomic E-state index is 13.4. The minimum Gasteiger partial charge on any atom is -0.376 e. The van der Waals surface area contributed by atoms with E-state index in [1.807, 2.05) is 25.3 Å². The van der Waals surface area contributed by atoms with Crippen molar-refractivity contribution in [2.24, 2.45) is 4.99 Å². The molecule has 1 fully saturated rings. The van der Waals surface area contributed by atoms with Crippen LogP contribution in [0, 0.1) is 0 Å². The van der Waals surface area contributed by atoms with Crippen LogP contribution >= 0.6 is 34.5 Å². The number of carbonyl (C=O) groups excluding carboxylic acids is 2. The number of alkyl halides is 1. The summed E-state index contributed by atoms with van der Waals surface area (Å²) in [5.74, 6) is 0.688. The number of carbonyl (C=O) groups is 2. The lowest BCUT2D eigenvalue weighted by Crippen LogP contribution is -2.47. The van der Waals surface area contributed by atoms with Crippen LogP contribution in [0.2, 0.25) is 0 Å². The molecule has 0 spiro atoms. The Balaban J connectivity index is 1.90. The Kier molecular flexibility index (Phi) is 12.6. The van der Waals surface area contributed by atoms with Crippen molar-refractivity contribution in [3.63, 3.8) is 0 Å². The van der Waals surface area contributed by atoms with Gasteiger partial charge in [0.05, 0.1) is 24.1 Å². The third-order valence-electron chi connectivity index (χ3n) is 6.03. The summed E-state index contributed by atoms with van der Waals surface area (Å²) in [4.78, 5) is 36.5. The summed E-state index contributed by atoms with van der Waals surface area (Å²) in [6.07, 6.45) is 8.80. The van der Waals surface area contributed by atoms with Crippen molar-refractivity contribution in [2.45, 2.75) is 57.6 Å². The lowest BCUT2D eigenvalue weighted by molar-refractivity contribution is -0.120. The van der Waals surface area contributed by atoms with Gasteiger partial charge in [0, 0.05) is 60.5 Å². The van der Waals surface area contributed by atoms with E-state index in [0.717, 1.165) is 17.2 Å². The molecule has 1 aromatic rings. The van der Waals surface area contributed by atoms with E-state index < -0.39 is 6.04 Å². The number of ketones is 2. The number of rotatable bonds is 14. The summed E-state index contributed by atoms with van der Waals surface area (Å²) >= 11 is 13.8. The van der Waals surface area contributed by atoms with Crippen LogP contribution in [0.15, 0.2) is 51.1 Å². The first-order valence-corrected chi connectivity index (χ1v) is 14.6. The number of halogens is 2. The highest BCUT2D eigenvalue weighted by Crippen LogP contribution is 2.25. The van der Waals surface area contributed by atoms with Gasteiger partial charge < -0.3 is 19.6 Å². The van der Waals surface area contributed by atoms with Crippen molar-refractivity contribution in [1.82, 2.24) is 15.2 Å². The van der Waals surface area contributed by atoms with Gasteiger partial charge in [-0.2, -0.15) is 0 Å². The normalized spacial score (nSPS) is 21.9. The predicted molar refractivity (Wildman–Crippen MR) is 153 cm³/mol. The van der Waals surface area contributed by atoms with Crippen LogP contribution < -0.4 is 5.32 Å². The summed E-state index contributed by atoms with van der Waals surface area (Å²) < 4.78 is 11.4. The van der Waals surface area contributed by atoms with E-state index in [4.69, 9.17) is 37.7 Å². The Hall–Kier alpha value is -1.88. The molecule has 0 amide bonds. The minimum atomic E-state index is -0.429. The van der Waals surface area contributed by atoms with Gasteiger partial charge in [0.25, 0.3) is 0 Å². The van der Waals surface area contributed by atoms with E-state index in [9.17, 15) is 9.59 Å². The van der Waals surface area contributed by atoms with Crippen molar-refractivity contribution in [3.05, 3.63) is 51.1 Å². The Bertz CT molecular complexity index is 1070. The smallest absolute Gasteiger partial charge is 0.188 e. The summed E-state index contributed by atoms with van der Waals surface area (Å²) in [5, 5.41) is 6.40. The Morgan fingerprint density at radius 2 is 2.24 bits per heavy atom. The molecule has 8 nitrogen and oxygen atoms in total. The van der Waals surface area contributed by atoms with Crippen LogP contribution in [-0.4, -0.2) is 84.3 Å². The zero-order chi connectivity index (χ0) is 27.5. The molecule has 1 N–H and O–H groups in total. The van der Waals surface area contributed by atoms with Crippen LogP contribution in [0.1, 0.15) is 45.0 Å². The summed E-state index contributed by atoms with van der Waals surface area (Å²) in [6.45, 7) is 8.21. The molecule has 38 heavy (non-hydrogen) atoms. The number of thiazole rings is 1. The van der Waals surface area contributed by atoms with Crippen LogP contribution in [-0.2, 0) is 19.1 Å². The van der Waals surface area contributed by atoms with Crippen molar-refractivity contribution >= 4 is 51.9 Å². The molecule has 3 atom stereocenters. The first-order valence-electron chi connectivity index (χ1n) is 12.9. The standard InChI is InChI=1S/C27H36Cl2N4O4S/c1-4-36-17-24(35)25-22(7-5-6-20(29)14-18(2)28)31-26(27-30-10-13-38-27)32-23(25)16-33-11-12-37-21(15-33)9-8-19(3)34/h5-6,10,13-14,18,21-22H,4,7-9,11-12,15-17H2,1-3H3,(H,31,32)/b6-5-,20-14+/t18?,21-,22?/m1/s1. The zero-order valence-corrected chi connectivity index (χ0v) is 24.4. The van der Waals surface area contributed by atoms with E-state index in [2.05, 4.69) is 15.2 Å². The fraction of sp³-hybridized carbons (Fsp3) is 0.556. The predicted octanol–water partition coefficient (Wildman–Crippen LogP) is 4.49. The SMILES string of the molecule is CCOCC(=O)C1=C(CN2CCO[C@H](CCC(C)=O)C2)NC(c2nccs2)=NC1C/C=C\C(Cl)=C/C(C)Cl. The quantitative estimate of drug-likeness (QED) is 0.255. The molecular weight excluding hydrogens is 547 g/mol.